The number of rotatable bonds is 7. The van der Waals surface area contributed by atoms with E-state index in [1.807, 2.05) is 24.3 Å². The van der Waals surface area contributed by atoms with Crippen LogP contribution in [-0.2, 0) is 4.74 Å². The van der Waals surface area contributed by atoms with Gasteiger partial charge in [0.25, 0.3) is 5.91 Å². The molecule has 2 aliphatic heterocycles. The van der Waals surface area contributed by atoms with Gasteiger partial charge in [-0.05, 0) is 24.6 Å². The van der Waals surface area contributed by atoms with Gasteiger partial charge in [0.2, 0.25) is 5.76 Å². The average molecular weight is 465 g/mol. The van der Waals surface area contributed by atoms with Crippen LogP contribution in [0.15, 0.2) is 51.7 Å². The van der Waals surface area contributed by atoms with Crippen LogP contribution in [-0.4, -0.2) is 69.3 Å². The molecule has 178 valence electrons. The van der Waals surface area contributed by atoms with Gasteiger partial charge in [-0.2, -0.15) is 0 Å². The van der Waals surface area contributed by atoms with Crippen LogP contribution >= 0.6 is 0 Å². The molecular weight excluding hydrogens is 436 g/mol. The van der Waals surface area contributed by atoms with Crippen molar-refractivity contribution in [2.75, 3.05) is 53.6 Å². The number of methoxy groups -OCH3 is 2. The van der Waals surface area contributed by atoms with E-state index in [9.17, 15) is 9.59 Å². The lowest BCUT2D eigenvalue weighted by molar-refractivity contribution is 0.0353. The van der Waals surface area contributed by atoms with Crippen LogP contribution in [0.4, 0.5) is 0 Å². The van der Waals surface area contributed by atoms with E-state index in [1.165, 1.54) is 0 Å². The molecule has 8 nitrogen and oxygen atoms in total. The van der Waals surface area contributed by atoms with E-state index in [4.69, 9.17) is 18.6 Å². The minimum Gasteiger partial charge on any atom is -0.497 e. The second-order valence-electron chi connectivity index (χ2n) is 8.49. The second kappa shape index (κ2) is 9.48. The summed E-state index contributed by atoms with van der Waals surface area (Å²) in [7, 11) is 3.14. The summed E-state index contributed by atoms with van der Waals surface area (Å²) in [5.74, 6) is 0.994. The number of benzene rings is 2. The quantitative estimate of drug-likeness (QED) is 0.532. The van der Waals surface area contributed by atoms with Gasteiger partial charge >= 0.3 is 0 Å². The Labute approximate surface area is 197 Å². The Balaban J connectivity index is 1.57. The van der Waals surface area contributed by atoms with Gasteiger partial charge in [0.1, 0.15) is 17.1 Å². The van der Waals surface area contributed by atoms with Gasteiger partial charge in [0.05, 0.1) is 44.4 Å². The molecule has 0 aliphatic carbocycles. The fraction of sp³-hybridized carbons (Fsp3) is 0.385. The molecule has 0 saturated carbocycles. The number of nitrogens with zero attached hydrogens (tertiary/aromatic N) is 2. The van der Waals surface area contributed by atoms with Gasteiger partial charge < -0.3 is 23.5 Å². The Morgan fingerprint density at radius 1 is 1.00 bits per heavy atom. The van der Waals surface area contributed by atoms with Crippen molar-refractivity contribution < 1.29 is 23.4 Å². The first-order valence-corrected chi connectivity index (χ1v) is 11.5. The predicted molar refractivity (Wildman–Crippen MR) is 127 cm³/mol. The number of para-hydroxylation sites is 1. The zero-order valence-corrected chi connectivity index (χ0v) is 19.4. The fourth-order valence-corrected chi connectivity index (χ4v) is 4.86. The van der Waals surface area contributed by atoms with Crippen LogP contribution in [0.5, 0.6) is 11.5 Å². The number of amides is 1. The zero-order valence-electron chi connectivity index (χ0n) is 19.4. The van der Waals surface area contributed by atoms with Crippen LogP contribution in [0, 0.1) is 0 Å². The average Bonchev–Trinajstić information content (AvgIpc) is 3.15. The highest BCUT2D eigenvalue weighted by atomic mass is 16.5. The number of carbonyl (C=O) groups is 1. The van der Waals surface area contributed by atoms with Crippen molar-refractivity contribution in [3.8, 4) is 11.5 Å². The SMILES string of the molecule is COc1ccc2c(=O)c3c(oc2c1)C(=O)N(CCCN1CCOCC1)[C@H]3c1ccccc1OC. The molecule has 1 aromatic heterocycles. The highest BCUT2D eigenvalue weighted by molar-refractivity contribution is 5.99. The molecule has 5 rings (SSSR count). The van der Waals surface area contributed by atoms with Gasteiger partial charge in [0, 0.05) is 37.8 Å². The maximum Gasteiger partial charge on any atom is 0.290 e. The molecule has 0 unspecified atom stereocenters. The maximum absolute atomic E-state index is 13.7. The van der Waals surface area contributed by atoms with Gasteiger partial charge in [-0.3, -0.25) is 14.5 Å². The molecule has 1 amide bonds. The minimum absolute atomic E-state index is 0.0908. The van der Waals surface area contributed by atoms with Crippen molar-refractivity contribution in [2.24, 2.45) is 0 Å². The number of hydrogen-bond acceptors (Lipinski definition) is 7. The summed E-state index contributed by atoms with van der Waals surface area (Å²) in [5, 5.41) is 0.419. The Morgan fingerprint density at radius 2 is 1.79 bits per heavy atom. The first kappa shape index (κ1) is 22.4. The third-order valence-corrected chi connectivity index (χ3v) is 6.59. The summed E-state index contributed by atoms with van der Waals surface area (Å²) in [5.41, 5.74) is 1.26. The summed E-state index contributed by atoms with van der Waals surface area (Å²) in [6.07, 6.45) is 0.771. The summed E-state index contributed by atoms with van der Waals surface area (Å²) < 4.78 is 22.4. The van der Waals surface area contributed by atoms with Gasteiger partial charge in [-0.1, -0.05) is 18.2 Å². The largest absolute Gasteiger partial charge is 0.497 e. The molecule has 1 atom stereocenters. The molecular formula is C26H28N2O6. The van der Waals surface area contributed by atoms with E-state index in [0.717, 1.165) is 44.8 Å². The monoisotopic (exact) mass is 464 g/mol. The summed E-state index contributed by atoms with van der Waals surface area (Å²) in [6, 6.07) is 12.0. The van der Waals surface area contributed by atoms with E-state index in [1.54, 1.807) is 37.3 Å². The lowest BCUT2D eigenvalue weighted by Gasteiger charge is -2.29. The molecule has 34 heavy (non-hydrogen) atoms. The Morgan fingerprint density at radius 3 is 2.56 bits per heavy atom. The Kier molecular flexibility index (Phi) is 6.26. The van der Waals surface area contributed by atoms with Crippen molar-refractivity contribution in [1.29, 1.82) is 0 Å². The topological polar surface area (TPSA) is 81.5 Å². The van der Waals surface area contributed by atoms with E-state index >= 15 is 0 Å². The molecule has 0 radical (unpaired) electrons. The molecule has 3 aromatic rings. The highest BCUT2D eigenvalue weighted by Gasteiger charge is 2.43. The van der Waals surface area contributed by atoms with Crippen molar-refractivity contribution in [3.63, 3.8) is 0 Å². The lowest BCUT2D eigenvalue weighted by atomic mass is 9.97. The van der Waals surface area contributed by atoms with E-state index in [0.29, 0.717) is 34.6 Å². The van der Waals surface area contributed by atoms with Crippen molar-refractivity contribution in [3.05, 3.63) is 69.6 Å². The summed E-state index contributed by atoms with van der Waals surface area (Å²) >= 11 is 0. The number of ether oxygens (including phenoxy) is 3. The van der Waals surface area contributed by atoms with Gasteiger partial charge in [0.15, 0.2) is 5.43 Å². The van der Waals surface area contributed by atoms with Crippen molar-refractivity contribution in [2.45, 2.75) is 12.5 Å². The molecule has 0 bridgehead atoms. The normalized spacial score (nSPS) is 18.4. The summed E-state index contributed by atoms with van der Waals surface area (Å²) in [6.45, 7) is 4.57. The third-order valence-electron chi connectivity index (χ3n) is 6.59. The third kappa shape index (κ3) is 3.93. The fourth-order valence-electron chi connectivity index (χ4n) is 4.86. The number of carbonyl (C=O) groups excluding carboxylic acids is 1. The highest BCUT2D eigenvalue weighted by Crippen LogP contribution is 2.41. The van der Waals surface area contributed by atoms with Crippen LogP contribution < -0.4 is 14.9 Å². The van der Waals surface area contributed by atoms with Gasteiger partial charge in [-0.25, -0.2) is 0 Å². The second-order valence-corrected chi connectivity index (χ2v) is 8.49. The van der Waals surface area contributed by atoms with E-state index in [-0.39, 0.29) is 17.1 Å². The first-order valence-electron chi connectivity index (χ1n) is 11.5. The van der Waals surface area contributed by atoms with Crippen molar-refractivity contribution >= 4 is 16.9 Å². The summed E-state index contributed by atoms with van der Waals surface area (Å²) in [4.78, 5) is 31.3. The molecule has 0 N–H and O–H groups in total. The van der Waals surface area contributed by atoms with Crippen LogP contribution in [0.25, 0.3) is 11.0 Å². The van der Waals surface area contributed by atoms with Crippen LogP contribution in [0.2, 0.25) is 0 Å². The predicted octanol–water partition coefficient (Wildman–Crippen LogP) is 3.08. The van der Waals surface area contributed by atoms with E-state index in [2.05, 4.69) is 4.90 Å². The van der Waals surface area contributed by atoms with Crippen LogP contribution in [0.1, 0.15) is 34.1 Å². The van der Waals surface area contributed by atoms with Crippen molar-refractivity contribution in [1.82, 2.24) is 9.80 Å². The molecule has 1 saturated heterocycles. The zero-order chi connectivity index (χ0) is 23.7. The van der Waals surface area contributed by atoms with E-state index < -0.39 is 6.04 Å². The molecule has 1 fully saturated rings. The molecule has 2 aliphatic rings. The standard InChI is InChI=1S/C26H28N2O6/c1-31-17-8-9-19-21(16-17)34-25-22(24(19)29)23(18-6-3-4-7-20(18)32-2)28(26(25)30)11-5-10-27-12-14-33-15-13-27/h3-4,6-9,16,23H,5,10-15H2,1-2H3/t23-/m0/s1. The molecule has 2 aromatic carbocycles. The smallest absolute Gasteiger partial charge is 0.290 e. The lowest BCUT2D eigenvalue weighted by Crippen LogP contribution is -2.38. The first-order chi connectivity index (χ1) is 16.6. The molecule has 3 heterocycles. The minimum atomic E-state index is -0.578. The van der Waals surface area contributed by atoms with Crippen LogP contribution in [0.3, 0.4) is 0 Å². The number of hydrogen-bond donors (Lipinski definition) is 0. The molecule has 0 spiro atoms. The maximum atomic E-state index is 13.7. The number of fused-ring (bicyclic) bond motifs is 2. The van der Waals surface area contributed by atoms with Gasteiger partial charge in [-0.15, -0.1) is 0 Å². The Bertz CT molecular complexity index is 1260. The Hall–Kier alpha value is -3.36. The number of morpholine rings is 1. The molecule has 8 heteroatoms.